The summed E-state index contributed by atoms with van der Waals surface area (Å²) >= 11 is 4.89. The van der Waals surface area contributed by atoms with E-state index in [9.17, 15) is 18.3 Å². The average molecular weight is 346 g/mol. The van der Waals surface area contributed by atoms with Crippen LogP contribution in [0.2, 0.25) is 0 Å². The van der Waals surface area contributed by atoms with Crippen LogP contribution >= 0.6 is 12.2 Å². The first-order valence-electron chi connectivity index (χ1n) is 6.49. The third-order valence-electron chi connectivity index (χ3n) is 2.92. The molecule has 1 heterocycles. The predicted octanol–water partition coefficient (Wildman–Crippen LogP) is 3.76. The highest BCUT2D eigenvalue weighted by Gasteiger charge is 2.31. The van der Waals surface area contributed by atoms with Crippen LogP contribution in [0.4, 0.5) is 18.9 Å². The third kappa shape index (κ3) is 3.89. The number of azo groups is 1. The van der Waals surface area contributed by atoms with Crippen molar-refractivity contribution in [1.29, 1.82) is 0 Å². The lowest BCUT2D eigenvalue weighted by atomic mass is 10.2. The van der Waals surface area contributed by atoms with Crippen molar-refractivity contribution < 1.29 is 23.0 Å². The molecule has 0 saturated heterocycles. The predicted molar refractivity (Wildman–Crippen MR) is 82.1 cm³/mol. The first-order chi connectivity index (χ1) is 10.7. The number of benzene rings is 1. The summed E-state index contributed by atoms with van der Waals surface area (Å²) in [5.74, 6) is -0.659. The molecule has 1 aromatic heterocycles. The highest BCUT2D eigenvalue weighted by molar-refractivity contribution is 7.80. The van der Waals surface area contributed by atoms with Crippen LogP contribution in [0.5, 0.6) is 11.6 Å². The number of nitrogens with one attached hydrogen (secondary N) is 1. The molecule has 0 aliphatic carbocycles. The van der Waals surface area contributed by atoms with E-state index in [0.29, 0.717) is 12.1 Å². The highest BCUT2D eigenvalue weighted by atomic mass is 32.1. The SMILES string of the molecule is CCNC(=S)N=Nc1c(O)n(C)c2ccc(OC(F)(F)F)cc12. The van der Waals surface area contributed by atoms with Gasteiger partial charge in [0.15, 0.2) is 5.69 Å². The molecule has 10 heteroatoms. The molecular formula is C13H13F3N4O2S. The first-order valence-corrected chi connectivity index (χ1v) is 6.90. The number of hydrogen-bond acceptors (Lipinski definition) is 4. The van der Waals surface area contributed by atoms with E-state index in [2.05, 4.69) is 20.3 Å². The summed E-state index contributed by atoms with van der Waals surface area (Å²) in [6, 6.07) is 3.67. The number of thiocarbonyl (C=S) groups is 1. The maximum Gasteiger partial charge on any atom is 0.573 e. The normalized spacial score (nSPS) is 12.0. The second-order valence-corrected chi connectivity index (χ2v) is 4.88. The standard InChI is InChI=1S/C13H13F3N4O2S/c1-3-17-12(23)19-18-10-8-6-7(22-13(14,15)16)4-5-9(8)20(2)11(10)21/h4-6,21H,3H2,1-2H3,(H,17,23). The topological polar surface area (TPSA) is 71.1 Å². The Labute approximate surface area is 134 Å². The van der Waals surface area contributed by atoms with Gasteiger partial charge >= 0.3 is 6.36 Å². The Morgan fingerprint density at radius 2 is 2.13 bits per heavy atom. The fraction of sp³-hybridized carbons (Fsp3) is 0.308. The lowest BCUT2D eigenvalue weighted by Gasteiger charge is -2.08. The lowest BCUT2D eigenvalue weighted by molar-refractivity contribution is -0.274. The van der Waals surface area contributed by atoms with Gasteiger partial charge in [0, 0.05) is 19.0 Å². The minimum atomic E-state index is -4.81. The van der Waals surface area contributed by atoms with Crippen molar-refractivity contribution in [2.75, 3.05) is 6.54 Å². The van der Waals surface area contributed by atoms with Crippen LogP contribution in [0.1, 0.15) is 6.92 Å². The molecule has 2 N–H and O–H groups in total. The molecule has 1 aromatic carbocycles. The summed E-state index contributed by atoms with van der Waals surface area (Å²) in [4.78, 5) is 0. The summed E-state index contributed by atoms with van der Waals surface area (Å²) in [6.07, 6.45) is -4.81. The van der Waals surface area contributed by atoms with Crippen LogP contribution in [-0.4, -0.2) is 27.7 Å². The second kappa shape index (κ2) is 6.41. The minimum Gasteiger partial charge on any atom is -0.493 e. The number of nitrogens with zero attached hydrogens (tertiary/aromatic N) is 3. The Hall–Kier alpha value is -2.36. The fourth-order valence-corrected chi connectivity index (χ4v) is 2.15. The van der Waals surface area contributed by atoms with Gasteiger partial charge in [0.25, 0.3) is 0 Å². The number of halogens is 3. The zero-order valence-electron chi connectivity index (χ0n) is 12.2. The number of aromatic nitrogens is 1. The molecule has 0 unspecified atom stereocenters. The van der Waals surface area contributed by atoms with Gasteiger partial charge in [-0.2, -0.15) is 0 Å². The van der Waals surface area contributed by atoms with E-state index in [4.69, 9.17) is 12.2 Å². The smallest absolute Gasteiger partial charge is 0.493 e. The molecule has 0 radical (unpaired) electrons. The molecule has 0 amide bonds. The highest BCUT2D eigenvalue weighted by Crippen LogP contribution is 2.40. The molecule has 0 saturated carbocycles. The Morgan fingerprint density at radius 1 is 1.43 bits per heavy atom. The quantitative estimate of drug-likeness (QED) is 0.656. The van der Waals surface area contributed by atoms with Crippen molar-refractivity contribution >= 4 is 33.9 Å². The van der Waals surface area contributed by atoms with Crippen molar-refractivity contribution in [2.45, 2.75) is 13.3 Å². The van der Waals surface area contributed by atoms with E-state index in [1.165, 1.54) is 10.6 Å². The maximum atomic E-state index is 12.3. The minimum absolute atomic E-state index is 0.00961. The van der Waals surface area contributed by atoms with Gasteiger partial charge in [-0.3, -0.25) is 0 Å². The molecule has 2 rings (SSSR count). The molecule has 0 fully saturated rings. The van der Waals surface area contributed by atoms with Gasteiger partial charge in [-0.15, -0.1) is 23.4 Å². The number of aromatic hydroxyl groups is 1. The zero-order chi connectivity index (χ0) is 17.2. The van der Waals surface area contributed by atoms with Gasteiger partial charge in [-0.1, -0.05) is 0 Å². The van der Waals surface area contributed by atoms with E-state index in [0.717, 1.165) is 12.1 Å². The number of rotatable bonds is 3. The molecule has 23 heavy (non-hydrogen) atoms. The van der Waals surface area contributed by atoms with Crippen molar-refractivity contribution in [3.8, 4) is 11.6 Å². The van der Waals surface area contributed by atoms with Gasteiger partial charge < -0.3 is 19.7 Å². The van der Waals surface area contributed by atoms with Crippen LogP contribution in [0.15, 0.2) is 28.4 Å². The summed E-state index contributed by atoms with van der Waals surface area (Å²) in [5.41, 5.74) is 0.482. The fourth-order valence-electron chi connectivity index (χ4n) is 1.97. The van der Waals surface area contributed by atoms with Gasteiger partial charge in [0.05, 0.1) is 5.52 Å². The van der Waals surface area contributed by atoms with Crippen molar-refractivity contribution in [2.24, 2.45) is 17.3 Å². The number of alkyl halides is 3. The van der Waals surface area contributed by atoms with Crippen LogP contribution < -0.4 is 10.1 Å². The largest absolute Gasteiger partial charge is 0.573 e. The number of fused-ring (bicyclic) bond motifs is 1. The van der Waals surface area contributed by atoms with Crippen molar-refractivity contribution in [3.05, 3.63) is 18.2 Å². The number of ether oxygens (including phenoxy) is 1. The van der Waals surface area contributed by atoms with Gasteiger partial charge in [0.2, 0.25) is 11.0 Å². The van der Waals surface area contributed by atoms with Gasteiger partial charge in [0.1, 0.15) is 5.75 Å². The van der Waals surface area contributed by atoms with Gasteiger partial charge in [-0.05, 0) is 37.3 Å². The van der Waals surface area contributed by atoms with E-state index in [1.807, 2.05) is 6.92 Å². The number of aryl methyl sites for hydroxylation is 1. The van der Waals surface area contributed by atoms with E-state index >= 15 is 0 Å². The molecular weight excluding hydrogens is 333 g/mol. The number of hydrogen-bond donors (Lipinski definition) is 2. The Morgan fingerprint density at radius 3 is 2.74 bits per heavy atom. The summed E-state index contributed by atoms with van der Waals surface area (Å²) in [5, 5.41) is 20.7. The molecule has 0 spiro atoms. The average Bonchev–Trinajstić information content (AvgIpc) is 2.67. The van der Waals surface area contributed by atoms with Crippen LogP contribution in [-0.2, 0) is 7.05 Å². The molecule has 0 aliphatic heterocycles. The molecule has 0 aliphatic rings. The van der Waals surface area contributed by atoms with Crippen molar-refractivity contribution in [3.63, 3.8) is 0 Å². The summed E-state index contributed by atoms with van der Waals surface area (Å²) in [7, 11) is 1.55. The Balaban J connectivity index is 2.48. The van der Waals surface area contributed by atoms with E-state index in [1.54, 1.807) is 7.05 Å². The van der Waals surface area contributed by atoms with E-state index < -0.39 is 12.1 Å². The Kier molecular flexibility index (Phi) is 4.73. The molecule has 124 valence electrons. The molecule has 0 bridgehead atoms. The van der Waals surface area contributed by atoms with Gasteiger partial charge in [-0.25, -0.2) is 0 Å². The zero-order valence-corrected chi connectivity index (χ0v) is 13.0. The molecule has 6 nitrogen and oxygen atoms in total. The lowest BCUT2D eigenvalue weighted by Crippen LogP contribution is -2.17. The van der Waals surface area contributed by atoms with Crippen LogP contribution in [0.3, 0.4) is 0 Å². The second-order valence-electron chi connectivity index (χ2n) is 4.49. The first kappa shape index (κ1) is 17.0. The van der Waals surface area contributed by atoms with E-state index in [-0.39, 0.29) is 22.1 Å². The summed E-state index contributed by atoms with van der Waals surface area (Å²) in [6.45, 7) is 2.36. The van der Waals surface area contributed by atoms with Crippen LogP contribution in [0, 0.1) is 0 Å². The molecule has 0 atom stereocenters. The van der Waals surface area contributed by atoms with Crippen molar-refractivity contribution in [1.82, 2.24) is 9.88 Å². The summed E-state index contributed by atoms with van der Waals surface area (Å²) < 4.78 is 42.2. The monoisotopic (exact) mass is 346 g/mol. The molecule has 2 aromatic rings. The van der Waals surface area contributed by atoms with Crippen LogP contribution in [0.25, 0.3) is 10.9 Å². The maximum absolute atomic E-state index is 12.3. The third-order valence-corrected chi connectivity index (χ3v) is 3.14. The Bertz CT molecular complexity index is 771.